The Bertz CT molecular complexity index is 1250. The summed E-state index contributed by atoms with van der Waals surface area (Å²) < 4.78 is 25.4. The summed E-state index contributed by atoms with van der Waals surface area (Å²) in [5, 5.41) is 10.6. The first-order chi connectivity index (χ1) is 16.7. The Morgan fingerprint density at radius 2 is 1.63 bits per heavy atom. The van der Waals surface area contributed by atoms with Crippen LogP contribution in [-0.2, 0) is 4.79 Å². The first-order valence-corrected chi connectivity index (χ1v) is 10.6. The van der Waals surface area contributed by atoms with E-state index >= 15 is 4.39 Å². The lowest BCUT2D eigenvalue weighted by atomic mass is 10.0. The minimum absolute atomic E-state index is 0.0669. The standard InChI is InChI=1S/C24H23ClFN5O4/c1-34-19-11-16(18(26)12-20(19)35-2)21(29-14-9-7-13(8-10-14)22(27)28)24(33)31-30-23(32)15-5-3-4-6-17(15)25/h3-12,21,29H,1-2H3,(H3,27,28)(H,30,32)(H,31,33). The summed E-state index contributed by atoms with van der Waals surface area (Å²) in [7, 11) is 2.74. The van der Waals surface area contributed by atoms with E-state index in [0.717, 1.165) is 6.07 Å². The van der Waals surface area contributed by atoms with Gasteiger partial charge in [0.2, 0.25) is 0 Å². The van der Waals surface area contributed by atoms with E-state index in [4.69, 9.17) is 32.2 Å². The lowest BCUT2D eigenvalue weighted by Gasteiger charge is -2.22. The van der Waals surface area contributed by atoms with Gasteiger partial charge in [0.25, 0.3) is 11.8 Å². The molecule has 0 bridgehead atoms. The lowest BCUT2D eigenvalue weighted by Crippen LogP contribution is -2.45. The number of nitrogens with one attached hydrogen (secondary N) is 4. The number of ether oxygens (including phenoxy) is 2. The molecule has 3 rings (SSSR count). The maximum absolute atomic E-state index is 15.0. The van der Waals surface area contributed by atoms with E-state index in [0.29, 0.717) is 11.3 Å². The van der Waals surface area contributed by atoms with E-state index in [1.54, 1.807) is 36.4 Å². The van der Waals surface area contributed by atoms with Crippen LogP contribution in [0.3, 0.4) is 0 Å². The number of hydrogen-bond donors (Lipinski definition) is 5. The van der Waals surface area contributed by atoms with Crippen LogP contribution in [0, 0.1) is 11.2 Å². The SMILES string of the molecule is COc1cc(F)c(C(Nc2ccc(C(=N)N)cc2)C(=O)NNC(=O)c2ccccc2Cl)cc1OC. The average molecular weight is 500 g/mol. The van der Waals surface area contributed by atoms with Crippen molar-refractivity contribution in [1.29, 1.82) is 5.41 Å². The molecule has 2 amide bonds. The number of nitrogen functional groups attached to an aromatic ring is 1. The van der Waals surface area contributed by atoms with Gasteiger partial charge >= 0.3 is 0 Å². The Morgan fingerprint density at radius 3 is 2.23 bits per heavy atom. The summed E-state index contributed by atoms with van der Waals surface area (Å²) >= 11 is 6.03. The van der Waals surface area contributed by atoms with Crippen molar-refractivity contribution in [2.24, 2.45) is 5.73 Å². The van der Waals surface area contributed by atoms with Crippen LogP contribution >= 0.6 is 11.6 Å². The number of hydrazine groups is 1. The van der Waals surface area contributed by atoms with E-state index < -0.39 is 23.7 Å². The second-order valence-electron chi connectivity index (χ2n) is 7.22. The van der Waals surface area contributed by atoms with Crippen molar-refractivity contribution in [2.45, 2.75) is 6.04 Å². The molecule has 0 saturated heterocycles. The summed E-state index contributed by atoms with van der Waals surface area (Å²) in [4.78, 5) is 25.6. The molecule has 0 aliphatic rings. The largest absolute Gasteiger partial charge is 0.493 e. The first kappa shape index (κ1) is 25.3. The second kappa shape index (κ2) is 11.2. The van der Waals surface area contributed by atoms with Gasteiger partial charge < -0.3 is 20.5 Å². The molecule has 3 aromatic rings. The maximum atomic E-state index is 15.0. The molecule has 0 fully saturated rings. The van der Waals surface area contributed by atoms with Crippen LogP contribution in [0.25, 0.3) is 0 Å². The number of benzene rings is 3. The maximum Gasteiger partial charge on any atom is 0.271 e. The van der Waals surface area contributed by atoms with Gasteiger partial charge in [-0.1, -0.05) is 23.7 Å². The predicted molar refractivity (Wildman–Crippen MR) is 130 cm³/mol. The summed E-state index contributed by atoms with van der Waals surface area (Å²) in [6, 6.07) is 13.7. The third-order valence-electron chi connectivity index (χ3n) is 5.00. The highest BCUT2D eigenvalue weighted by molar-refractivity contribution is 6.33. The monoisotopic (exact) mass is 499 g/mol. The van der Waals surface area contributed by atoms with Crippen LogP contribution in [0.5, 0.6) is 11.5 Å². The Balaban J connectivity index is 1.91. The number of amidine groups is 1. The van der Waals surface area contributed by atoms with E-state index in [1.807, 2.05) is 0 Å². The zero-order valence-electron chi connectivity index (χ0n) is 18.8. The molecule has 35 heavy (non-hydrogen) atoms. The Labute approximate surface area is 205 Å². The van der Waals surface area contributed by atoms with E-state index in [-0.39, 0.29) is 33.5 Å². The summed E-state index contributed by atoms with van der Waals surface area (Å²) in [5.41, 5.74) is 11.1. The van der Waals surface area contributed by atoms with Gasteiger partial charge in [-0.2, -0.15) is 0 Å². The third-order valence-corrected chi connectivity index (χ3v) is 5.33. The van der Waals surface area contributed by atoms with E-state index in [1.165, 1.54) is 32.4 Å². The van der Waals surface area contributed by atoms with Crippen molar-refractivity contribution in [2.75, 3.05) is 19.5 Å². The number of hydrogen-bond acceptors (Lipinski definition) is 6. The van der Waals surface area contributed by atoms with Gasteiger partial charge in [0, 0.05) is 22.9 Å². The fourth-order valence-corrected chi connectivity index (χ4v) is 3.41. The molecular weight excluding hydrogens is 477 g/mol. The van der Waals surface area contributed by atoms with Crippen LogP contribution in [0.15, 0.2) is 60.7 Å². The molecule has 182 valence electrons. The van der Waals surface area contributed by atoms with Crippen LogP contribution in [-0.4, -0.2) is 31.9 Å². The highest BCUT2D eigenvalue weighted by Crippen LogP contribution is 2.34. The Hall–Kier alpha value is -4.31. The molecule has 1 atom stereocenters. The molecule has 0 radical (unpaired) electrons. The number of amides is 2. The van der Waals surface area contributed by atoms with Gasteiger partial charge in [0.05, 0.1) is 24.8 Å². The molecule has 0 spiro atoms. The van der Waals surface area contributed by atoms with Gasteiger partial charge in [0.1, 0.15) is 17.7 Å². The number of methoxy groups -OCH3 is 2. The zero-order valence-corrected chi connectivity index (χ0v) is 19.6. The van der Waals surface area contributed by atoms with Crippen LogP contribution in [0.1, 0.15) is 27.5 Å². The summed E-state index contributed by atoms with van der Waals surface area (Å²) in [6.07, 6.45) is 0. The number of nitrogens with two attached hydrogens (primary N) is 1. The highest BCUT2D eigenvalue weighted by atomic mass is 35.5. The molecule has 0 aromatic heterocycles. The minimum Gasteiger partial charge on any atom is -0.493 e. The Kier molecular flexibility index (Phi) is 8.11. The van der Waals surface area contributed by atoms with Gasteiger partial charge in [-0.05, 0) is 42.5 Å². The fraction of sp³-hybridized carbons (Fsp3) is 0.125. The van der Waals surface area contributed by atoms with Gasteiger partial charge in [-0.3, -0.25) is 25.8 Å². The molecular formula is C24H23ClFN5O4. The van der Waals surface area contributed by atoms with Crippen molar-refractivity contribution in [1.82, 2.24) is 10.9 Å². The van der Waals surface area contributed by atoms with Crippen molar-refractivity contribution < 1.29 is 23.5 Å². The molecule has 11 heteroatoms. The number of anilines is 1. The molecule has 0 saturated carbocycles. The van der Waals surface area contributed by atoms with Crippen molar-refractivity contribution in [3.05, 3.63) is 88.2 Å². The molecule has 0 aliphatic carbocycles. The predicted octanol–water partition coefficient (Wildman–Crippen LogP) is 3.39. The van der Waals surface area contributed by atoms with Gasteiger partial charge in [-0.15, -0.1) is 0 Å². The van der Waals surface area contributed by atoms with E-state index in [9.17, 15) is 9.59 Å². The summed E-state index contributed by atoms with van der Waals surface area (Å²) in [5.74, 6) is -1.94. The average Bonchev–Trinajstić information content (AvgIpc) is 2.86. The van der Waals surface area contributed by atoms with Crippen LogP contribution in [0.4, 0.5) is 10.1 Å². The van der Waals surface area contributed by atoms with Crippen molar-refractivity contribution in [3.63, 3.8) is 0 Å². The van der Waals surface area contributed by atoms with Gasteiger partial charge in [-0.25, -0.2) is 4.39 Å². The minimum atomic E-state index is -1.30. The normalized spacial score (nSPS) is 11.2. The Morgan fingerprint density at radius 1 is 1.00 bits per heavy atom. The highest BCUT2D eigenvalue weighted by Gasteiger charge is 2.27. The number of carbonyl (C=O) groups excluding carboxylic acids is 2. The molecule has 0 aliphatic heterocycles. The quantitative estimate of drug-likeness (QED) is 0.183. The number of halogens is 2. The molecule has 1 unspecified atom stereocenters. The van der Waals surface area contributed by atoms with Crippen LogP contribution in [0.2, 0.25) is 5.02 Å². The molecule has 0 heterocycles. The summed E-state index contributed by atoms with van der Waals surface area (Å²) in [6.45, 7) is 0. The fourth-order valence-electron chi connectivity index (χ4n) is 3.19. The number of rotatable bonds is 8. The lowest BCUT2D eigenvalue weighted by molar-refractivity contribution is -0.122. The smallest absolute Gasteiger partial charge is 0.271 e. The van der Waals surface area contributed by atoms with Crippen LogP contribution < -0.4 is 31.4 Å². The molecule has 3 aromatic carbocycles. The second-order valence-corrected chi connectivity index (χ2v) is 7.63. The first-order valence-electron chi connectivity index (χ1n) is 10.2. The van der Waals surface area contributed by atoms with Crippen molar-refractivity contribution >= 4 is 34.9 Å². The van der Waals surface area contributed by atoms with E-state index in [2.05, 4.69) is 16.2 Å². The molecule has 6 N–H and O–H groups in total. The topological polar surface area (TPSA) is 139 Å². The third kappa shape index (κ3) is 5.98. The van der Waals surface area contributed by atoms with Crippen molar-refractivity contribution in [3.8, 4) is 11.5 Å². The molecule has 9 nitrogen and oxygen atoms in total. The zero-order chi connectivity index (χ0) is 25.5. The van der Waals surface area contributed by atoms with Gasteiger partial charge in [0.15, 0.2) is 11.5 Å². The number of carbonyl (C=O) groups is 2.